The molecule has 1 N–H and O–H groups in total. The highest BCUT2D eigenvalue weighted by Crippen LogP contribution is 2.13. The number of rotatable bonds is 7. The predicted molar refractivity (Wildman–Crippen MR) is 81.0 cm³/mol. The molecule has 1 unspecified atom stereocenters. The SMILES string of the molecule is CCCOc1cc(NC(C)Cc2ccccc2)ncn1. The van der Waals surface area contributed by atoms with Crippen LogP contribution in [-0.4, -0.2) is 22.6 Å². The van der Waals surface area contributed by atoms with Gasteiger partial charge in [0.05, 0.1) is 6.61 Å². The van der Waals surface area contributed by atoms with Gasteiger partial charge in [-0.3, -0.25) is 0 Å². The molecule has 0 saturated heterocycles. The smallest absolute Gasteiger partial charge is 0.218 e. The van der Waals surface area contributed by atoms with Crippen LogP contribution >= 0.6 is 0 Å². The van der Waals surface area contributed by atoms with Crippen LogP contribution in [0.15, 0.2) is 42.7 Å². The molecule has 1 aromatic carbocycles. The van der Waals surface area contributed by atoms with Gasteiger partial charge in [0.1, 0.15) is 12.1 Å². The normalized spacial score (nSPS) is 11.9. The zero-order valence-electron chi connectivity index (χ0n) is 12.0. The van der Waals surface area contributed by atoms with Crippen LogP contribution in [-0.2, 0) is 6.42 Å². The summed E-state index contributed by atoms with van der Waals surface area (Å²) >= 11 is 0. The van der Waals surface area contributed by atoms with Crippen LogP contribution in [0.2, 0.25) is 0 Å². The minimum atomic E-state index is 0.298. The Morgan fingerprint density at radius 1 is 1.20 bits per heavy atom. The molecular weight excluding hydrogens is 250 g/mol. The zero-order chi connectivity index (χ0) is 14.2. The second-order valence-corrected chi connectivity index (χ2v) is 4.83. The molecule has 0 aliphatic carbocycles. The number of ether oxygens (including phenoxy) is 1. The van der Waals surface area contributed by atoms with Crippen LogP contribution in [0.4, 0.5) is 5.82 Å². The van der Waals surface area contributed by atoms with Crippen molar-refractivity contribution in [3.63, 3.8) is 0 Å². The van der Waals surface area contributed by atoms with E-state index in [0.29, 0.717) is 18.5 Å². The molecule has 4 nitrogen and oxygen atoms in total. The van der Waals surface area contributed by atoms with E-state index < -0.39 is 0 Å². The highest BCUT2D eigenvalue weighted by atomic mass is 16.5. The van der Waals surface area contributed by atoms with Crippen molar-refractivity contribution in [2.24, 2.45) is 0 Å². The predicted octanol–water partition coefficient (Wildman–Crippen LogP) is 3.31. The van der Waals surface area contributed by atoms with Crippen LogP contribution in [0, 0.1) is 0 Å². The maximum Gasteiger partial charge on any atom is 0.218 e. The van der Waals surface area contributed by atoms with Crippen molar-refractivity contribution in [2.75, 3.05) is 11.9 Å². The Morgan fingerprint density at radius 3 is 2.75 bits per heavy atom. The molecule has 1 aromatic heterocycles. The van der Waals surface area contributed by atoms with E-state index in [-0.39, 0.29) is 0 Å². The van der Waals surface area contributed by atoms with Crippen molar-refractivity contribution in [1.82, 2.24) is 9.97 Å². The maximum absolute atomic E-state index is 5.50. The second-order valence-electron chi connectivity index (χ2n) is 4.83. The summed E-state index contributed by atoms with van der Waals surface area (Å²) < 4.78 is 5.50. The van der Waals surface area contributed by atoms with E-state index in [4.69, 9.17) is 4.74 Å². The van der Waals surface area contributed by atoms with Gasteiger partial charge >= 0.3 is 0 Å². The first kappa shape index (κ1) is 14.3. The van der Waals surface area contributed by atoms with Crippen LogP contribution in [0.25, 0.3) is 0 Å². The summed E-state index contributed by atoms with van der Waals surface area (Å²) in [4.78, 5) is 8.32. The lowest BCUT2D eigenvalue weighted by Crippen LogP contribution is -2.19. The van der Waals surface area contributed by atoms with E-state index in [2.05, 4.69) is 53.4 Å². The van der Waals surface area contributed by atoms with Crippen molar-refractivity contribution < 1.29 is 4.74 Å². The first-order valence-electron chi connectivity index (χ1n) is 7.03. The topological polar surface area (TPSA) is 47.0 Å². The molecule has 0 spiro atoms. The van der Waals surface area contributed by atoms with Crippen LogP contribution in [0.5, 0.6) is 5.88 Å². The quantitative estimate of drug-likeness (QED) is 0.839. The summed E-state index contributed by atoms with van der Waals surface area (Å²) in [5.41, 5.74) is 1.31. The van der Waals surface area contributed by atoms with Gasteiger partial charge in [-0.1, -0.05) is 37.3 Å². The zero-order valence-corrected chi connectivity index (χ0v) is 12.0. The standard InChI is InChI=1S/C16H21N3O/c1-3-9-20-16-11-15(17-12-18-16)19-13(2)10-14-7-5-4-6-8-14/h4-8,11-13H,3,9-10H2,1-2H3,(H,17,18,19). The van der Waals surface area contributed by atoms with Crippen molar-refractivity contribution in [3.05, 3.63) is 48.3 Å². The van der Waals surface area contributed by atoms with E-state index >= 15 is 0 Å². The molecule has 0 aliphatic heterocycles. The Labute approximate surface area is 120 Å². The summed E-state index contributed by atoms with van der Waals surface area (Å²) in [5.74, 6) is 1.42. The first-order valence-corrected chi connectivity index (χ1v) is 7.03. The molecule has 4 heteroatoms. The molecule has 0 aliphatic rings. The van der Waals surface area contributed by atoms with Gasteiger partial charge in [-0.25, -0.2) is 9.97 Å². The van der Waals surface area contributed by atoms with Gasteiger partial charge in [-0.2, -0.15) is 0 Å². The highest BCUT2D eigenvalue weighted by molar-refractivity contribution is 5.38. The van der Waals surface area contributed by atoms with Crippen molar-refractivity contribution in [2.45, 2.75) is 32.7 Å². The number of aromatic nitrogens is 2. The Morgan fingerprint density at radius 2 is 2.00 bits per heavy atom. The van der Waals surface area contributed by atoms with E-state index in [0.717, 1.165) is 18.7 Å². The summed E-state index contributed by atoms with van der Waals surface area (Å²) in [6.07, 6.45) is 3.45. The lowest BCUT2D eigenvalue weighted by Gasteiger charge is -2.15. The third-order valence-electron chi connectivity index (χ3n) is 2.88. The lowest BCUT2D eigenvalue weighted by molar-refractivity contribution is 0.305. The number of nitrogens with one attached hydrogen (secondary N) is 1. The number of anilines is 1. The van der Waals surface area contributed by atoms with Gasteiger partial charge in [0.2, 0.25) is 5.88 Å². The minimum Gasteiger partial charge on any atom is -0.478 e. The van der Waals surface area contributed by atoms with Crippen LogP contribution in [0.1, 0.15) is 25.8 Å². The van der Waals surface area contributed by atoms with Crippen molar-refractivity contribution in [3.8, 4) is 5.88 Å². The minimum absolute atomic E-state index is 0.298. The fourth-order valence-corrected chi connectivity index (χ4v) is 1.98. The molecule has 2 rings (SSSR count). The molecule has 20 heavy (non-hydrogen) atoms. The fraction of sp³-hybridized carbons (Fsp3) is 0.375. The summed E-state index contributed by atoms with van der Waals surface area (Å²) in [5, 5.41) is 3.38. The summed E-state index contributed by atoms with van der Waals surface area (Å²) in [6.45, 7) is 4.89. The third-order valence-corrected chi connectivity index (χ3v) is 2.88. The Balaban J connectivity index is 1.92. The van der Waals surface area contributed by atoms with Crippen LogP contribution in [0.3, 0.4) is 0 Å². The average molecular weight is 271 g/mol. The van der Waals surface area contributed by atoms with E-state index in [1.165, 1.54) is 11.9 Å². The number of hydrogen-bond donors (Lipinski definition) is 1. The largest absolute Gasteiger partial charge is 0.478 e. The molecule has 0 bridgehead atoms. The number of hydrogen-bond acceptors (Lipinski definition) is 4. The van der Waals surface area contributed by atoms with Gasteiger partial charge in [-0.15, -0.1) is 0 Å². The van der Waals surface area contributed by atoms with Gasteiger partial charge in [-0.05, 0) is 25.3 Å². The van der Waals surface area contributed by atoms with E-state index in [1.54, 1.807) is 0 Å². The molecule has 106 valence electrons. The van der Waals surface area contributed by atoms with Crippen molar-refractivity contribution >= 4 is 5.82 Å². The summed E-state index contributed by atoms with van der Waals surface area (Å²) in [6, 6.07) is 12.6. The van der Waals surface area contributed by atoms with Gasteiger partial charge < -0.3 is 10.1 Å². The molecule has 1 atom stereocenters. The van der Waals surface area contributed by atoms with Crippen LogP contribution < -0.4 is 10.1 Å². The monoisotopic (exact) mass is 271 g/mol. The third kappa shape index (κ3) is 4.53. The Kier molecular flexibility index (Phi) is 5.35. The van der Waals surface area contributed by atoms with Crippen molar-refractivity contribution in [1.29, 1.82) is 0 Å². The summed E-state index contributed by atoms with van der Waals surface area (Å²) in [7, 11) is 0. The molecule has 2 aromatic rings. The van der Waals surface area contributed by atoms with E-state index in [9.17, 15) is 0 Å². The molecule has 0 saturated carbocycles. The molecule has 0 fully saturated rings. The first-order chi connectivity index (χ1) is 9.78. The second kappa shape index (κ2) is 7.48. The Bertz CT molecular complexity index is 516. The van der Waals surface area contributed by atoms with Gasteiger partial charge in [0, 0.05) is 12.1 Å². The van der Waals surface area contributed by atoms with Gasteiger partial charge in [0.25, 0.3) is 0 Å². The maximum atomic E-state index is 5.50. The highest BCUT2D eigenvalue weighted by Gasteiger charge is 2.05. The number of benzene rings is 1. The van der Waals surface area contributed by atoms with Gasteiger partial charge in [0.15, 0.2) is 0 Å². The molecule has 0 radical (unpaired) electrons. The number of nitrogens with zero attached hydrogens (tertiary/aromatic N) is 2. The Hall–Kier alpha value is -2.10. The lowest BCUT2D eigenvalue weighted by atomic mass is 10.1. The molecule has 0 amide bonds. The fourth-order valence-electron chi connectivity index (χ4n) is 1.98. The van der Waals surface area contributed by atoms with E-state index in [1.807, 2.05) is 12.1 Å². The average Bonchev–Trinajstić information content (AvgIpc) is 2.46. The molecule has 1 heterocycles. The molecular formula is C16H21N3O.